The van der Waals surface area contributed by atoms with Gasteiger partial charge in [0.05, 0.1) is 17.6 Å². The normalized spacial score (nSPS) is 11.5. The summed E-state index contributed by atoms with van der Waals surface area (Å²) < 4.78 is 16.5. The van der Waals surface area contributed by atoms with Crippen LogP contribution in [-0.4, -0.2) is 52.2 Å². The summed E-state index contributed by atoms with van der Waals surface area (Å²) in [4.78, 5) is 32.7. The number of hydrogen-bond donors (Lipinski definition) is 0. The van der Waals surface area contributed by atoms with Crippen molar-refractivity contribution in [2.75, 3.05) is 36.2 Å². The first-order chi connectivity index (χ1) is 16.4. The lowest BCUT2D eigenvalue weighted by atomic mass is 9.91. The Morgan fingerprint density at radius 2 is 1.85 bits per heavy atom. The molecule has 3 heterocycles. The minimum Gasteiger partial charge on any atom is -0.477 e. The van der Waals surface area contributed by atoms with Gasteiger partial charge < -0.3 is 13.9 Å². The fraction of sp³-hybridized carbons (Fsp3) is 0.440. The molecule has 0 bridgehead atoms. The van der Waals surface area contributed by atoms with Gasteiger partial charge in [-0.1, -0.05) is 13.0 Å². The van der Waals surface area contributed by atoms with Crippen LogP contribution < -0.4 is 10.4 Å². The zero-order valence-corrected chi connectivity index (χ0v) is 21.4. The molecule has 34 heavy (non-hydrogen) atoms. The quantitative estimate of drug-likeness (QED) is 0.234. The van der Waals surface area contributed by atoms with E-state index in [0.717, 1.165) is 34.8 Å². The zero-order valence-electron chi connectivity index (χ0n) is 19.7. The van der Waals surface area contributed by atoms with Crippen molar-refractivity contribution in [3.05, 3.63) is 53.3 Å². The maximum atomic E-state index is 12.4. The number of nitrogens with zero attached hydrogens (tertiary/aromatic N) is 2. The summed E-state index contributed by atoms with van der Waals surface area (Å²) >= 11 is 3.56. The lowest BCUT2D eigenvalue weighted by Crippen LogP contribution is -2.26. The van der Waals surface area contributed by atoms with Gasteiger partial charge in [0.2, 0.25) is 5.88 Å². The van der Waals surface area contributed by atoms with E-state index < -0.39 is 11.0 Å². The van der Waals surface area contributed by atoms with Crippen LogP contribution in [0.4, 0.5) is 0 Å². The molecule has 3 aromatic rings. The highest BCUT2D eigenvalue weighted by atomic mass is 32.2. The van der Waals surface area contributed by atoms with Crippen molar-refractivity contribution in [1.29, 1.82) is 0 Å². The Labute approximate surface area is 208 Å². The molecular formula is C25H30N2O5S2. The number of ether oxygens (including phenoxy) is 2. The largest absolute Gasteiger partial charge is 0.477 e. The summed E-state index contributed by atoms with van der Waals surface area (Å²) in [6.07, 6.45) is 5.70. The van der Waals surface area contributed by atoms with Crippen molar-refractivity contribution >= 4 is 40.5 Å². The highest BCUT2D eigenvalue weighted by molar-refractivity contribution is 8.02. The summed E-state index contributed by atoms with van der Waals surface area (Å²) in [6.45, 7) is 6.77. The molecule has 0 spiro atoms. The molecule has 7 nitrogen and oxygen atoms in total. The third-order valence-electron chi connectivity index (χ3n) is 5.31. The minimum absolute atomic E-state index is 0.127. The van der Waals surface area contributed by atoms with Crippen molar-refractivity contribution in [2.24, 2.45) is 5.41 Å². The molecule has 0 N–H and O–H groups in total. The van der Waals surface area contributed by atoms with Gasteiger partial charge in [0.1, 0.15) is 12.2 Å². The van der Waals surface area contributed by atoms with Gasteiger partial charge in [-0.3, -0.25) is 9.78 Å². The topological polar surface area (TPSA) is 91.5 Å². The molecule has 0 radical (unpaired) electrons. The van der Waals surface area contributed by atoms with E-state index in [1.165, 1.54) is 0 Å². The SMILES string of the molecule is CCC(C)(C)C(=O)OCCSCCSCCOc1cc2oc(=O)c(-c3cccnc3)cc2cn1. The summed E-state index contributed by atoms with van der Waals surface area (Å²) in [5.74, 6) is 3.90. The van der Waals surface area contributed by atoms with Gasteiger partial charge in [0, 0.05) is 58.6 Å². The lowest BCUT2D eigenvalue weighted by molar-refractivity contribution is -0.153. The molecule has 0 saturated carbocycles. The number of rotatable bonds is 13. The van der Waals surface area contributed by atoms with Crippen LogP contribution >= 0.6 is 23.5 Å². The Hall–Kier alpha value is -2.52. The molecule has 0 amide bonds. The van der Waals surface area contributed by atoms with Crippen LogP contribution in [0.15, 0.2) is 52.1 Å². The predicted octanol–water partition coefficient (Wildman–Crippen LogP) is 5.07. The van der Waals surface area contributed by atoms with Gasteiger partial charge in [-0.2, -0.15) is 23.5 Å². The van der Waals surface area contributed by atoms with Crippen LogP contribution in [0.1, 0.15) is 27.2 Å². The van der Waals surface area contributed by atoms with E-state index in [4.69, 9.17) is 13.9 Å². The van der Waals surface area contributed by atoms with E-state index in [2.05, 4.69) is 9.97 Å². The highest BCUT2D eigenvalue weighted by Crippen LogP contribution is 2.23. The van der Waals surface area contributed by atoms with Gasteiger partial charge in [-0.25, -0.2) is 9.78 Å². The number of fused-ring (bicyclic) bond motifs is 1. The molecule has 182 valence electrons. The second-order valence-electron chi connectivity index (χ2n) is 8.20. The highest BCUT2D eigenvalue weighted by Gasteiger charge is 2.26. The first-order valence-electron chi connectivity index (χ1n) is 11.2. The number of esters is 1. The molecule has 0 aliphatic carbocycles. The Balaban J connectivity index is 1.35. The van der Waals surface area contributed by atoms with Gasteiger partial charge in [-0.15, -0.1) is 0 Å². The number of thioether (sulfide) groups is 2. The van der Waals surface area contributed by atoms with E-state index in [9.17, 15) is 9.59 Å². The molecule has 0 aliphatic heterocycles. The van der Waals surface area contributed by atoms with Crippen molar-refractivity contribution in [2.45, 2.75) is 27.2 Å². The molecule has 0 atom stereocenters. The number of aromatic nitrogens is 2. The second kappa shape index (κ2) is 12.8. The smallest absolute Gasteiger partial charge is 0.344 e. The van der Waals surface area contributed by atoms with Crippen molar-refractivity contribution < 1.29 is 18.7 Å². The standard InChI is InChI=1S/C25H30N2O5S2/c1-4-25(2,3)24(29)31-9-11-34-13-12-33-10-8-30-22-15-21-19(17-27-22)14-20(23(28)32-21)18-6-5-7-26-16-18/h5-7,14-17H,4,8-13H2,1-3H3. The molecule has 0 aromatic carbocycles. The Morgan fingerprint density at radius 3 is 2.56 bits per heavy atom. The third-order valence-corrected chi connectivity index (χ3v) is 7.47. The van der Waals surface area contributed by atoms with Crippen LogP contribution in [-0.2, 0) is 9.53 Å². The molecule has 0 saturated heterocycles. The zero-order chi connectivity index (χ0) is 24.4. The van der Waals surface area contributed by atoms with Crippen molar-refractivity contribution in [1.82, 2.24) is 9.97 Å². The Bertz CT molecular complexity index is 1140. The van der Waals surface area contributed by atoms with Gasteiger partial charge in [-0.05, 0) is 32.4 Å². The Morgan fingerprint density at radius 1 is 1.09 bits per heavy atom. The average molecular weight is 503 g/mol. The lowest BCUT2D eigenvalue weighted by Gasteiger charge is -2.20. The number of pyridine rings is 2. The fourth-order valence-electron chi connectivity index (χ4n) is 2.86. The average Bonchev–Trinajstić information content (AvgIpc) is 2.85. The summed E-state index contributed by atoms with van der Waals surface area (Å²) in [6, 6.07) is 6.99. The molecule has 0 fully saturated rings. The molecule has 9 heteroatoms. The predicted molar refractivity (Wildman–Crippen MR) is 139 cm³/mol. The third kappa shape index (κ3) is 7.50. The second-order valence-corrected chi connectivity index (χ2v) is 10.6. The van der Waals surface area contributed by atoms with Crippen molar-refractivity contribution in [3.63, 3.8) is 0 Å². The number of hydrogen-bond acceptors (Lipinski definition) is 9. The van der Waals surface area contributed by atoms with Crippen molar-refractivity contribution in [3.8, 4) is 17.0 Å². The number of carbonyl (C=O) groups is 1. The van der Waals surface area contributed by atoms with Crippen LogP contribution in [0.3, 0.4) is 0 Å². The molecule has 3 aromatic heterocycles. The van der Waals surface area contributed by atoms with Crippen LogP contribution in [0.2, 0.25) is 0 Å². The first kappa shape index (κ1) is 26.1. The minimum atomic E-state index is -0.422. The monoisotopic (exact) mass is 502 g/mol. The molecule has 3 rings (SSSR count). The molecular weight excluding hydrogens is 472 g/mol. The summed E-state index contributed by atoms with van der Waals surface area (Å²) in [5, 5.41) is 0.723. The maximum Gasteiger partial charge on any atom is 0.344 e. The van der Waals surface area contributed by atoms with Gasteiger partial charge in [0.25, 0.3) is 0 Å². The molecule has 0 unspecified atom stereocenters. The van der Waals surface area contributed by atoms with Gasteiger partial charge >= 0.3 is 11.6 Å². The van der Waals surface area contributed by atoms with Gasteiger partial charge in [0.15, 0.2) is 0 Å². The Kier molecular flexibility index (Phi) is 9.83. The number of carbonyl (C=O) groups excluding carboxylic acids is 1. The first-order valence-corrected chi connectivity index (χ1v) is 13.5. The van der Waals surface area contributed by atoms with E-state index in [-0.39, 0.29) is 5.97 Å². The van der Waals surface area contributed by atoms with E-state index >= 15 is 0 Å². The summed E-state index contributed by atoms with van der Waals surface area (Å²) in [5.41, 5.74) is 0.766. The fourth-order valence-corrected chi connectivity index (χ4v) is 4.61. The van der Waals surface area contributed by atoms with Crippen LogP contribution in [0.5, 0.6) is 5.88 Å². The van der Waals surface area contributed by atoms with E-state index in [1.807, 2.05) is 26.8 Å². The van der Waals surface area contributed by atoms with Crippen LogP contribution in [0.25, 0.3) is 22.1 Å². The molecule has 0 aliphatic rings. The maximum absolute atomic E-state index is 12.4. The summed E-state index contributed by atoms with van der Waals surface area (Å²) in [7, 11) is 0. The van der Waals surface area contributed by atoms with Crippen LogP contribution in [0, 0.1) is 5.41 Å². The van der Waals surface area contributed by atoms with E-state index in [1.54, 1.807) is 60.3 Å². The van der Waals surface area contributed by atoms with E-state index in [0.29, 0.717) is 35.8 Å².